The summed E-state index contributed by atoms with van der Waals surface area (Å²) in [7, 11) is 0. The molecule has 0 spiro atoms. The first-order valence-corrected chi connectivity index (χ1v) is 3.81. The first-order chi connectivity index (χ1) is 4.38. The molecule has 0 unspecified atom stereocenters. The van der Waals surface area contributed by atoms with Crippen LogP contribution in [-0.4, -0.2) is 18.0 Å². The summed E-state index contributed by atoms with van der Waals surface area (Å²) in [4.78, 5) is 2.54. The summed E-state index contributed by atoms with van der Waals surface area (Å²) in [5, 5.41) is 0. The molecular weight excluding hydrogens is 110 g/mol. The van der Waals surface area contributed by atoms with Gasteiger partial charge in [0.05, 0.1) is 0 Å². The molecule has 1 nitrogen and oxygen atoms in total. The Hall–Kier alpha value is -0.460. The van der Waals surface area contributed by atoms with E-state index in [9.17, 15) is 0 Å². The molecule has 1 saturated heterocycles. The van der Waals surface area contributed by atoms with Gasteiger partial charge in [-0.05, 0) is 26.2 Å². The van der Waals surface area contributed by atoms with E-state index in [1.54, 1.807) is 11.3 Å². The molecule has 0 aromatic heterocycles. The van der Waals surface area contributed by atoms with Crippen molar-refractivity contribution in [3.05, 3.63) is 11.3 Å². The van der Waals surface area contributed by atoms with Gasteiger partial charge in [-0.3, -0.25) is 0 Å². The molecule has 0 atom stereocenters. The fraction of sp³-hybridized carbons (Fsp3) is 0.750. The Balaban J connectivity index is 2.28. The van der Waals surface area contributed by atoms with Crippen molar-refractivity contribution in [2.45, 2.75) is 26.2 Å². The summed E-state index contributed by atoms with van der Waals surface area (Å²) >= 11 is 0. The summed E-state index contributed by atoms with van der Waals surface area (Å²) in [5.74, 6) is 0. The topological polar surface area (TPSA) is 3.24 Å². The lowest BCUT2D eigenvalue weighted by Crippen LogP contribution is -2.12. The standard InChI is InChI=1S/C8H13N/c1-7-4-6-9-5-2-3-8(7)9/h2-6H2,1H3. The van der Waals surface area contributed by atoms with Crippen LogP contribution in [0, 0.1) is 0 Å². The maximum atomic E-state index is 2.54. The second kappa shape index (κ2) is 1.76. The van der Waals surface area contributed by atoms with E-state index >= 15 is 0 Å². The van der Waals surface area contributed by atoms with Gasteiger partial charge in [-0.2, -0.15) is 0 Å². The van der Waals surface area contributed by atoms with Crippen LogP contribution in [-0.2, 0) is 0 Å². The second-order valence-corrected chi connectivity index (χ2v) is 3.07. The Kier molecular flexibility index (Phi) is 1.04. The van der Waals surface area contributed by atoms with Crippen molar-refractivity contribution in [2.75, 3.05) is 13.1 Å². The van der Waals surface area contributed by atoms with Crippen LogP contribution in [0.2, 0.25) is 0 Å². The van der Waals surface area contributed by atoms with E-state index in [0.717, 1.165) is 0 Å². The Morgan fingerprint density at radius 3 is 2.89 bits per heavy atom. The number of hydrogen-bond donors (Lipinski definition) is 0. The zero-order valence-corrected chi connectivity index (χ0v) is 5.98. The van der Waals surface area contributed by atoms with Crippen molar-refractivity contribution >= 4 is 0 Å². The van der Waals surface area contributed by atoms with E-state index in [0.29, 0.717) is 0 Å². The van der Waals surface area contributed by atoms with Crippen LogP contribution in [0.3, 0.4) is 0 Å². The monoisotopic (exact) mass is 123 g/mol. The summed E-state index contributed by atoms with van der Waals surface area (Å²) in [6, 6.07) is 0. The van der Waals surface area contributed by atoms with Crippen LogP contribution < -0.4 is 0 Å². The van der Waals surface area contributed by atoms with Crippen molar-refractivity contribution in [1.82, 2.24) is 4.90 Å². The van der Waals surface area contributed by atoms with Gasteiger partial charge in [0.2, 0.25) is 0 Å². The van der Waals surface area contributed by atoms with E-state index in [-0.39, 0.29) is 0 Å². The lowest BCUT2D eigenvalue weighted by molar-refractivity contribution is 0.428. The fourth-order valence-corrected chi connectivity index (χ4v) is 1.91. The molecule has 0 radical (unpaired) electrons. The predicted molar refractivity (Wildman–Crippen MR) is 38.1 cm³/mol. The summed E-state index contributed by atoms with van der Waals surface area (Å²) in [5.41, 5.74) is 3.31. The minimum Gasteiger partial charge on any atom is -0.375 e. The molecule has 2 rings (SSSR count). The highest BCUT2D eigenvalue weighted by atomic mass is 15.2. The third-order valence-corrected chi connectivity index (χ3v) is 2.47. The van der Waals surface area contributed by atoms with Gasteiger partial charge in [0, 0.05) is 18.8 Å². The molecule has 9 heavy (non-hydrogen) atoms. The maximum Gasteiger partial charge on any atom is 0.0212 e. The SMILES string of the molecule is CC1=C2CCCN2CC1. The lowest BCUT2D eigenvalue weighted by Gasteiger charge is -2.11. The number of hydrogen-bond acceptors (Lipinski definition) is 1. The third kappa shape index (κ3) is 0.673. The molecule has 2 heterocycles. The van der Waals surface area contributed by atoms with Gasteiger partial charge >= 0.3 is 0 Å². The Morgan fingerprint density at radius 1 is 1.22 bits per heavy atom. The first-order valence-electron chi connectivity index (χ1n) is 3.81. The average Bonchev–Trinajstić information content (AvgIpc) is 2.35. The molecule has 0 aromatic carbocycles. The third-order valence-electron chi connectivity index (χ3n) is 2.47. The normalized spacial score (nSPS) is 25.7. The molecule has 1 heteroatoms. The van der Waals surface area contributed by atoms with Gasteiger partial charge in [-0.25, -0.2) is 0 Å². The molecule has 0 aromatic rings. The van der Waals surface area contributed by atoms with Crippen molar-refractivity contribution in [1.29, 1.82) is 0 Å². The average molecular weight is 123 g/mol. The van der Waals surface area contributed by atoms with Crippen molar-refractivity contribution < 1.29 is 0 Å². The molecular formula is C8H13N. The van der Waals surface area contributed by atoms with Crippen LogP contribution in [0.25, 0.3) is 0 Å². The highest BCUT2D eigenvalue weighted by Gasteiger charge is 2.23. The number of fused-ring (bicyclic) bond motifs is 1. The van der Waals surface area contributed by atoms with Crippen LogP contribution in [0.4, 0.5) is 0 Å². The van der Waals surface area contributed by atoms with E-state index in [4.69, 9.17) is 0 Å². The van der Waals surface area contributed by atoms with Gasteiger partial charge in [0.15, 0.2) is 0 Å². The van der Waals surface area contributed by atoms with Crippen LogP contribution in [0.5, 0.6) is 0 Å². The first kappa shape index (κ1) is 5.33. The molecule has 0 N–H and O–H groups in total. The Labute approximate surface area is 56.4 Å². The number of rotatable bonds is 0. The highest BCUT2D eigenvalue weighted by Crippen LogP contribution is 2.30. The largest absolute Gasteiger partial charge is 0.375 e. The van der Waals surface area contributed by atoms with Crippen molar-refractivity contribution in [3.8, 4) is 0 Å². The number of nitrogens with zero attached hydrogens (tertiary/aromatic N) is 1. The molecule has 2 aliphatic heterocycles. The molecule has 0 aliphatic carbocycles. The predicted octanol–water partition coefficient (Wildman–Crippen LogP) is 1.76. The van der Waals surface area contributed by atoms with Gasteiger partial charge in [0.1, 0.15) is 0 Å². The summed E-state index contributed by atoms with van der Waals surface area (Å²) in [6.45, 7) is 4.91. The quantitative estimate of drug-likeness (QED) is 0.474. The molecule has 0 bridgehead atoms. The Morgan fingerprint density at radius 2 is 2.11 bits per heavy atom. The highest BCUT2D eigenvalue weighted by molar-refractivity contribution is 5.19. The van der Waals surface area contributed by atoms with Crippen molar-refractivity contribution in [3.63, 3.8) is 0 Å². The molecule has 0 saturated carbocycles. The van der Waals surface area contributed by atoms with E-state index in [2.05, 4.69) is 11.8 Å². The van der Waals surface area contributed by atoms with E-state index in [1.807, 2.05) is 0 Å². The summed E-state index contributed by atoms with van der Waals surface area (Å²) < 4.78 is 0. The molecule has 50 valence electrons. The second-order valence-electron chi connectivity index (χ2n) is 3.07. The maximum absolute atomic E-state index is 2.54. The fourth-order valence-electron chi connectivity index (χ4n) is 1.91. The molecule has 0 amide bonds. The van der Waals surface area contributed by atoms with E-state index < -0.39 is 0 Å². The van der Waals surface area contributed by atoms with Gasteiger partial charge in [0.25, 0.3) is 0 Å². The van der Waals surface area contributed by atoms with Gasteiger partial charge < -0.3 is 4.90 Å². The zero-order chi connectivity index (χ0) is 6.27. The number of allylic oxidation sites excluding steroid dienone is 1. The Bertz CT molecular complexity index is 158. The zero-order valence-electron chi connectivity index (χ0n) is 5.98. The minimum absolute atomic E-state index is 1.31. The molecule has 1 fully saturated rings. The van der Waals surface area contributed by atoms with Crippen LogP contribution >= 0.6 is 0 Å². The lowest BCUT2D eigenvalue weighted by atomic mass is 10.2. The van der Waals surface area contributed by atoms with Crippen molar-refractivity contribution in [2.24, 2.45) is 0 Å². The van der Waals surface area contributed by atoms with Gasteiger partial charge in [-0.15, -0.1) is 0 Å². The molecule has 2 aliphatic rings. The van der Waals surface area contributed by atoms with E-state index in [1.165, 1.54) is 32.4 Å². The smallest absolute Gasteiger partial charge is 0.0212 e. The van der Waals surface area contributed by atoms with Gasteiger partial charge in [-0.1, -0.05) is 5.57 Å². The van der Waals surface area contributed by atoms with Crippen LogP contribution in [0.15, 0.2) is 11.3 Å². The minimum atomic E-state index is 1.31. The summed E-state index contributed by atoms with van der Waals surface area (Å²) in [6.07, 6.45) is 4.08. The van der Waals surface area contributed by atoms with Crippen LogP contribution in [0.1, 0.15) is 26.2 Å².